The number of hydrogen-bond acceptors (Lipinski definition) is 3. The summed E-state index contributed by atoms with van der Waals surface area (Å²) in [6.45, 7) is 16.6. The molecule has 0 saturated heterocycles. The second-order valence-electron chi connectivity index (χ2n) is 14.9. The van der Waals surface area contributed by atoms with Crippen LogP contribution < -0.4 is 9.64 Å². The Bertz CT molecular complexity index is 2340. The smallest absolute Gasteiger partial charge is 0.0582 e. The fourth-order valence-corrected chi connectivity index (χ4v) is 8.76. The molecular weight excluding hydrogens is 772 g/mol. The molecule has 0 amide bonds. The van der Waals surface area contributed by atoms with Crippen molar-refractivity contribution in [3.8, 4) is 17.2 Å². The van der Waals surface area contributed by atoms with Gasteiger partial charge in [-0.25, -0.2) is 0 Å². The molecule has 0 atom stereocenters. The van der Waals surface area contributed by atoms with Gasteiger partial charge in [0, 0.05) is 6.20 Å². The van der Waals surface area contributed by atoms with Crippen molar-refractivity contribution in [1.82, 2.24) is 14.1 Å². The monoisotopic (exact) mass is 811 g/mol. The molecule has 1 aliphatic carbocycles. The zero-order valence-electron chi connectivity index (χ0n) is 28.8. The van der Waals surface area contributed by atoms with Crippen molar-refractivity contribution < 1.29 is 24.1 Å². The Morgan fingerprint density at radius 3 is 2.29 bits per heavy atom. The Balaban J connectivity index is 1.26. The number of nitrogens with zero attached hydrogens (tertiary/aromatic N) is 4. The quantitative estimate of drug-likeness (QED) is 0.166. The molecule has 0 fully saturated rings. The molecule has 0 spiro atoms. The second-order valence-corrected chi connectivity index (χ2v) is 15.9. The molecule has 48 heavy (non-hydrogen) atoms. The summed E-state index contributed by atoms with van der Waals surface area (Å²) in [5, 5.41) is 0. The van der Waals surface area contributed by atoms with Gasteiger partial charge in [0.15, 0.2) is 0 Å². The zero-order chi connectivity index (χ0) is 33.7. The van der Waals surface area contributed by atoms with E-state index in [-0.39, 0.29) is 16.2 Å². The summed E-state index contributed by atoms with van der Waals surface area (Å²) < 4.78 is 12.1. The van der Waals surface area contributed by atoms with Crippen LogP contribution in [-0.2, 0) is 43.7 Å². The number of aryl methyl sites for hydroxylation is 2. The van der Waals surface area contributed by atoms with Gasteiger partial charge in [-0.2, -0.15) is 0 Å². The van der Waals surface area contributed by atoms with E-state index in [0.29, 0.717) is 11.5 Å². The van der Waals surface area contributed by atoms with E-state index >= 15 is 0 Å². The average Bonchev–Trinajstić information content (AvgIpc) is 3.37. The van der Waals surface area contributed by atoms with Crippen LogP contribution in [0.25, 0.3) is 16.7 Å². The SMILES string of the molecule is Cc1ccnc(N2c3[c-]c(Oc4[c-]c(-n5[c](=[Pt])n(C)c6ccccc65)ccc4)ccc3Cc3ccc4c(c32)C(C)(C)C(C)(C)C4(C)C)c1. The van der Waals surface area contributed by atoms with Crippen LogP contribution in [0.5, 0.6) is 11.5 Å². The van der Waals surface area contributed by atoms with E-state index in [1.54, 1.807) is 0 Å². The molecule has 0 saturated carbocycles. The van der Waals surface area contributed by atoms with E-state index in [9.17, 15) is 0 Å². The molecule has 0 unspecified atom stereocenters. The molecule has 6 heteroatoms. The first-order chi connectivity index (χ1) is 22.8. The molecule has 0 radical (unpaired) electrons. The second kappa shape index (κ2) is 10.6. The van der Waals surface area contributed by atoms with Gasteiger partial charge in [0.1, 0.15) is 0 Å². The third-order valence-electron chi connectivity index (χ3n) is 11.7. The van der Waals surface area contributed by atoms with E-state index in [1.807, 2.05) is 24.4 Å². The topological polar surface area (TPSA) is 35.2 Å². The Morgan fingerprint density at radius 1 is 0.792 bits per heavy atom. The third kappa shape index (κ3) is 4.32. The van der Waals surface area contributed by atoms with Crippen LogP contribution in [-0.4, -0.2) is 14.1 Å². The number of anilines is 3. The molecule has 5 nitrogen and oxygen atoms in total. The minimum Gasteiger partial charge on any atom is -0.0582 e. The summed E-state index contributed by atoms with van der Waals surface area (Å²) in [5.41, 5.74) is 11.9. The Morgan fingerprint density at radius 2 is 1.52 bits per heavy atom. The van der Waals surface area contributed by atoms with Gasteiger partial charge in [0.05, 0.1) is 0 Å². The van der Waals surface area contributed by atoms with Gasteiger partial charge < -0.3 is 0 Å². The number of rotatable bonds is 4. The number of benzene rings is 4. The zero-order valence-corrected chi connectivity index (χ0v) is 31.1. The number of para-hydroxylation sites is 2. The van der Waals surface area contributed by atoms with Crippen molar-refractivity contribution in [3.05, 3.63) is 129 Å². The van der Waals surface area contributed by atoms with Gasteiger partial charge in [0.25, 0.3) is 0 Å². The van der Waals surface area contributed by atoms with Crippen LogP contribution >= 0.6 is 0 Å². The minimum atomic E-state index is -0.0862. The summed E-state index contributed by atoms with van der Waals surface area (Å²) in [4.78, 5) is 7.30. The normalized spacial score (nSPS) is 16.8. The molecule has 6 aromatic rings. The predicted octanol–water partition coefficient (Wildman–Crippen LogP) is 10.1. The first kappa shape index (κ1) is 31.1. The molecule has 8 rings (SSSR count). The van der Waals surface area contributed by atoms with E-state index < -0.39 is 0 Å². The Labute approximate surface area is 294 Å². The van der Waals surface area contributed by atoms with Gasteiger partial charge in [-0.05, 0) is 40.4 Å². The fraction of sp³-hybridized carbons (Fsp3) is 0.286. The van der Waals surface area contributed by atoms with E-state index in [1.165, 1.54) is 33.5 Å². The molecule has 4 aromatic carbocycles. The van der Waals surface area contributed by atoms with Crippen molar-refractivity contribution in [2.45, 2.75) is 65.7 Å². The van der Waals surface area contributed by atoms with Crippen LogP contribution in [0.1, 0.15) is 69.4 Å². The molecule has 1 aliphatic heterocycles. The molecule has 2 aliphatic rings. The maximum absolute atomic E-state index is 6.58. The first-order valence-corrected chi connectivity index (χ1v) is 17.7. The third-order valence-corrected chi connectivity index (χ3v) is 13.0. The Hall–Kier alpha value is -4.21. The molecular formula is C42H40N4OPt-2. The van der Waals surface area contributed by atoms with Crippen LogP contribution in [0.4, 0.5) is 17.2 Å². The van der Waals surface area contributed by atoms with Crippen LogP contribution in [0.2, 0.25) is 0 Å². The number of imidazole rings is 1. The molecule has 0 N–H and O–H groups in total. The van der Waals surface area contributed by atoms with Crippen LogP contribution in [0.15, 0.2) is 85.1 Å². The van der Waals surface area contributed by atoms with Gasteiger partial charge in [-0.1, -0.05) is 53.7 Å². The number of aromatic nitrogens is 3. The minimum absolute atomic E-state index is 0.0116. The van der Waals surface area contributed by atoms with Crippen LogP contribution in [0.3, 0.4) is 0 Å². The predicted molar refractivity (Wildman–Crippen MR) is 190 cm³/mol. The van der Waals surface area contributed by atoms with Crippen LogP contribution in [0, 0.1) is 28.3 Å². The van der Waals surface area contributed by atoms with Gasteiger partial charge in [0.2, 0.25) is 0 Å². The van der Waals surface area contributed by atoms with Gasteiger partial charge >= 0.3 is 195 Å². The Kier molecular flexibility index (Phi) is 6.89. The summed E-state index contributed by atoms with van der Waals surface area (Å²) in [6, 6.07) is 34.9. The van der Waals surface area contributed by atoms with Crippen molar-refractivity contribution in [3.63, 3.8) is 0 Å². The molecule has 2 aromatic heterocycles. The fourth-order valence-electron chi connectivity index (χ4n) is 7.94. The standard InChI is InChI=1S/C42H40N4O.Pt/c1-27-20-21-43-37(22-27)46-36-25-32(47-31-13-11-12-30(24-31)45-26-44(8)34-14-9-10-15-35(34)45)18-16-28(36)23-29-17-19-33-38(39(29)46)41(4,5)42(6,7)40(33,2)3;/h9-22H,23H2,1-8H3;/q-2;. The number of hydrogen-bond donors (Lipinski definition) is 0. The van der Waals surface area contributed by atoms with Crippen molar-refractivity contribution in [2.24, 2.45) is 12.5 Å². The van der Waals surface area contributed by atoms with Crippen molar-refractivity contribution in [2.75, 3.05) is 4.90 Å². The first-order valence-electron chi connectivity index (χ1n) is 16.6. The maximum atomic E-state index is 6.58. The van der Waals surface area contributed by atoms with E-state index in [2.05, 4.69) is 162 Å². The van der Waals surface area contributed by atoms with Crippen molar-refractivity contribution >= 4 is 28.2 Å². The van der Waals surface area contributed by atoms with E-state index in [0.717, 1.165) is 38.5 Å². The molecule has 246 valence electrons. The summed E-state index contributed by atoms with van der Waals surface area (Å²) >= 11 is 2.38. The molecule has 0 bridgehead atoms. The van der Waals surface area contributed by atoms with Crippen molar-refractivity contribution in [1.29, 1.82) is 0 Å². The number of ether oxygens (including phenoxy) is 1. The summed E-state index contributed by atoms with van der Waals surface area (Å²) in [5.74, 6) is 2.18. The van der Waals surface area contributed by atoms with Gasteiger partial charge in [-0.3, -0.25) is 0 Å². The number of pyridine rings is 1. The molecule has 3 heterocycles. The number of fused-ring (bicyclic) bond motifs is 5. The van der Waals surface area contributed by atoms with Gasteiger partial charge in [-0.15, -0.1) is 0 Å². The van der Waals surface area contributed by atoms with E-state index in [4.69, 9.17) is 9.72 Å². The summed E-state index contributed by atoms with van der Waals surface area (Å²) in [6.07, 6.45) is 2.74. The average molecular weight is 812 g/mol. The summed E-state index contributed by atoms with van der Waals surface area (Å²) in [7, 11) is 2.09.